The third-order valence-corrected chi connectivity index (χ3v) is 3.81. The molecule has 0 bridgehead atoms. The Morgan fingerprint density at radius 3 is 2.94 bits per heavy atom. The van der Waals surface area contributed by atoms with E-state index < -0.39 is 0 Å². The molecule has 16 heavy (non-hydrogen) atoms. The smallest absolute Gasteiger partial charge is 0.0646 e. The van der Waals surface area contributed by atoms with Crippen LogP contribution in [0.2, 0.25) is 10.0 Å². The van der Waals surface area contributed by atoms with E-state index in [2.05, 4.69) is 12.2 Å². The number of nitrogens with one attached hydrogen (secondary N) is 1. The fraction of sp³-hybridized carbons (Fsp3) is 0.500. The van der Waals surface area contributed by atoms with Gasteiger partial charge in [0.1, 0.15) is 0 Å². The Labute approximate surface area is 106 Å². The van der Waals surface area contributed by atoms with Crippen molar-refractivity contribution in [3.05, 3.63) is 33.8 Å². The second kappa shape index (κ2) is 4.92. The summed E-state index contributed by atoms with van der Waals surface area (Å²) in [6.07, 6.45) is 1.03. The molecular formula is C12H15Cl2NO. The average molecular weight is 260 g/mol. The van der Waals surface area contributed by atoms with Crippen molar-refractivity contribution in [3.63, 3.8) is 0 Å². The van der Waals surface area contributed by atoms with Gasteiger partial charge in [0.15, 0.2) is 0 Å². The highest BCUT2D eigenvalue weighted by molar-refractivity contribution is 6.42. The van der Waals surface area contributed by atoms with Gasteiger partial charge in [0.2, 0.25) is 0 Å². The monoisotopic (exact) mass is 259 g/mol. The van der Waals surface area contributed by atoms with Gasteiger partial charge in [-0.15, -0.1) is 0 Å². The summed E-state index contributed by atoms with van der Waals surface area (Å²) < 4.78 is 5.38. The van der Waals surface area contributed by atoms with E-state index in [9.17, 15) is 0 Å². The lowest BCUT2D eigenvalue weighted by molar-refractivity contribution is 0.171. The maximum Gasteiger partial charge on any atom is 0.0646 e. The predicted molar refractivity (Wildman–Crippen MR) is 67.1 cm³/mol. The number of halogens is 2. The SMILES string of the molecule is CC1(NCc2cccc(Cl)c2Cl)CCOC1. The van der Waals surface area contributed by atoms with E-state index in [1.807, 2.05) is 12.1 Å². The minimum atomic E-state index is 0.0612. The largest absolute Gasteiger partial charge is 0.379 e. The number of hydrogen-bond acceptors (Lipinski definition) is 2. The summed E-state index contributed by atoms with van der Waals surface area (Å²) in [6, 6.07) is 5.70. The molecule has 2 nitrogen and oxygen atoms in total. The molecule has 0 radical (unpaired) electrons. The van der Waals surface area contributed by atoms with E-state index >= 15 is 0 Å². The lowest BCUT2D eigenvalue weighted by Crippen LogP contribution is -2.42. The summed E-state index contributed by atoms with van der Waals surface area (Å²) in [5, 5.41) is 4.72. The Bertz CT molecular complexity index is 375. The first-order valence-electron chi connectivity index (χ1n) is 5.36. The van der Waals surface area contributed by atoms with Gasteiger partial charge in [-0.2, -0.15) is 0 Å². The molecule has 0 aromatic heterocycles. The van der Waals surface area contributed by atoms with E-state index in [-0.39, 0.29) is 5.54 Å². The van der Waals surface area contributed by atoms with E-state index in [0.29, 0.717) is 10.0 Å². The molecule has 1 atom stereocenters. The standard InChI is InChI=1S/C12H15Cl2NO/c1-12(5-6-16-8-12)15-7-9-3-2-4-10(13)11(9)14/h2-4,15H,5-8H2,1H3. The van der Waals surface area contributed by atoms with Crippen LogP contribution in [0, 0.1) is 0 Å². The quantitative estimate of drug-likeness (QED) is 0.900. The van der Waals surface area contributed by atoms with Crippen molar-refractivity contribution >= 4 is 23.2 Å². The van der Waals surface area contributed by atoms with Gasteiger partial charge < -0.3 is 10.1 Å². The van der Waals surface area contributed by atoms with Crippen LogP contribution < -0.4 is 5.32 Å². The zero-order valence-corrected chi connectivity index (χ0v) is 10.7. The van der Waals surface area contributed by atoms with E-state index in [1.165, 1.54) is 0 Å². The Kier molecular flexibility index (Phi) is 3.75. The molecule has 1 fully saturated rings. The number of ether oxygens (including phenoxy) is 1. The number of rotatable bonds is 3. The Morgan fingerprint density at radius 2 is 2.25 bits per heavy atom. The molecule has 0 amide bonds. The summed E-state index contributed by atoms with van der Waals surface area (Å²) in [5.41, 5.74) is 1.09. The Morgan fingerprint density at radius 1 is 1.44 bits per heavy atom. The Balaban J connectivity index is 2.02. The topological polar surface area (TPSA) is 21.3 Å². The normalized spacial score (nSPS) is 24.9. The first-order chi connectivity index (χ1) is 7.61. The first-order valence-corrected chi connectivity index (χ1v) is 6.12. The third kappa shape index (κ3) is 2.69. The van der Waals surface area contributed by atoms with Crippen LogP contribution in [0.15, 0.2) is 18.2 Å². The van der Waals surface area contributed by atoms with Crippen LogP contribution in [-0.4, -0.2) is 18.8 Å². The summed E-state index contributed by atoms with van der Waals surface area (Å²) in [4.78, 5) is 0. The van der Waals surface area contributed by atoms with Crippen molar-refractivity contribution < 1.29 is 4.74 Å². The van der Waals surface area contributed by atoms with Crippen LogP contribution >= 0.6 is 23.2 Å². The molecule has 1 saturated heterocycles. The third-order valence-electron chi connectivity index (χ3n) is 2.96. The first kappa shape index (κ1) is 12.2. The molecule has 1 aliphatic heterocycles. The zero-order chi connectivity index (χ0) is 11.6. The molecule has 1 unspecified atom stereocenters. The molecule has 0 spiro atoms. The van der Waals surface area contributed by atoms with Gasteiger partial charge in [0.05, 0.1) is 16.7 Å². The summed E-state index contributed by atoms with van der Waals surface area (Å²) >= 11 is 12.1. The summed E-state index contributed by atoms with van der Waals surface area (Å²) in [7, 11) is 0. The van der Waals surface area contributed by atoms with Gasteiger partial charge in [-0.1, -0.05) is 35.3 Å². The molecular weight excluding hydrogens is 245 g/mol. The molecule has 0 saturated carbocycles. The maximum absolute atomic E-state index is 6.12. The van der Waals surface area contributed by atoms with Gasteiger partial charge in [-0.05, 0) is 25.0 Å². The molecule has 1 N–H and O–H groups in total. The van der Waals surface area contributed by atoms with Gasteiger partial charge in [0, 0.05) is 18.7 Å². The molecule has 2 rings (SSSR count). The summed E-state index contributed by atoms with van der Waals surface area (Å²) in [6.45, 7) is 4.47. The predicted octanol–water partition coefficient (Wildman–Crippen LogP) is 3.26. The van der Waals surface area contributed by atoms with Gasteiger partial charge >= 0.3 is 0 Å². The molecule has 88 valence electrons. The highest BCUT2D eigenvalue weighted by Gasteiger charge is 2.28. The van der Waals surface area contributed by atoms with Crippen LogP contribution in [0.1, 0.15) is 18.9 Å². The number of hydrogen-bond donors (Lipinski definition) is 1. The molecule has 1 aromatic carbocycles. The van der Waals surface area contributed by atoms with E-state index in [4.69, 9.17) is 27.9 Å². The van der Waals surface area contributed by atoms with Gasteiger partial charge in [0.25, 0.3) is 0 Å². The Hall–Kier alpha value is -0.280. The van der Waals surface area contributed by atoms with Crippen molar-refractivity contribution in [2.24, 2.45) is 0 Å². The van der Waals surface area contributed by atoms with Crippen molar-refractivity contribution in [1.29, 1.82) is 0 Å². The molecule has 4 heteroatoms. The second-order valence-corrected chi connectivity index (χ2v) is 5.21. The lowest BCUT2D eigenvalue weighted by atomic mass is 10.0. The molecule has 1 aromatic rings. The maximum atomic E-state index is 6.12. The summed E-state index contributed by atoms with van der Waals surface area (Å²) in [5.74, 6) is 0. The highest BCUT2D eigenvalue weighted by atomic mass is 35.5. The number of benzene rings is 1. The van der Waals surface area contributed by atoms with Crippen LogP contribution in [0.3, 0.4) is 0 Å². The highest BCUT2D eigenvalue weighted by Crippen LogP contribution is 2.26. The fourth-order valence-corrected chi connectivity index (χ4v) is 2.19. The zero-order valence-electron chi connectivity index (χ0n) is 9.22. The lowest BCUT2D eigenvalue weighted by Gasteiger charge is -2.24. The second-order valence-electron chi connectivity index (χ2n) is 4.43. The molecule has 1 aliphatic rings. The van der Waals surface area contributed by atoms with E-state index in [0.717, 1.165) is 31.7 Å². The van der Waals surface area contributed by atoms with Crippen molar-refractivity contribution in [3.8, 4) is 0 Å². The minimum absolute atomic E-state index is 0.0612. The minimum Gasteiger partial charge on any atom is -0.379 e. The van der Waals surface area contributed by atoms with E-state index in [1.54, 1.807) is 6.07 Å². The average Bonchev–Trinajstić information content (AvgIpc) is 2.68. The molecule has 0 aliphatic carbocycles. The van der Waals surface area contributed by atoms with Crippen LogP contribution in [0.5, 0.6) is 0 Å². The molecule has 1 heterocycles. The van der Waals surface area contributed by atoms with Crippen molar-refractivity contribution in [2.45, 2.75) is 25.4 Å². The van der Waals surface area contributed by atoms with Crippen LogP contribution in [0.25, 0.3) is 0 Å². The van der Waals surface area contributed by atoms with Crippen molar-refractivity contribution in [1.82, 2.24) is 5.32 Å². The van der Waals surface area contributed by atoms with Gasteiger partial charge in [-0.3, -0.25) is 0 Å². The fourth-order valence-electron chi connectivity index (χ4n) is 1.80. The van der Waals surface area contributed by atoms with Gasteiger partial charge in [-0.25, -0.2) is 0 Å². The van der Waals surface area contributed by atoms with Crippen LogP contribution in [0.4, 0.5) is 0 Å². The van der Waals surface area contributed by atoms with Crippen molar-refractivity contribution in [2.75, 3.05) is 13.2 Å². The van der Waals surface area contributed by atoms with Crippen LogP contribution in [-0.2, 0) is 11.3 Å².